The van der Waals surface area contributed by atoms with Gasteiger partial charge in [0.05, 0.1) is 0 Å². The highest BCUT2D eigenvalue weighted by Crippen LogP contribution is 2.41. The highest BCUT2D eigenvalue weighted by Gasteiger charge is 2.22. The van der Waals surface area contributed by atoms with Crippen molar-refractivity contribution in [2.24, 2.45) is 0 Å². The molecule has 0 saturated carbocycles. The summed E-state index contributed by atoms with van der Waals surface area (Å²) in [5.41, 5.74) is 10.7. The van der Waals surface area contributed by atoms with Crippen LogP contribution in [-0.4, -0.2) is 15.0 Å². The van der Waals surface area contributed by atoms with Crippen LogP contribution >= 0.6 is 0 Å². The minimum atomic E-state index is 0.306. The predicted molar refractivity (Wildman–Crippen MR) is 209 cm³/mol. The number of hydrogen-bond acceptors (Lipinski definition) is 4. The normalized spacial score (nSPS) is 15.4. The summed E-state index contributed by atoms with van der Waals surface area (Å²) in [7, 11) is 0. The first-order valence-electron chi connectivity index (χ1n) is 17.7. The molecular formula is C47H33N3O. The zero-order valence-electron chi connectivity index (χ0n) is 28.0. The number of fused-ring (bicyclic) bond motifs is 5. The van der Waals surface area contributed by atoms with Crippen molar-refractivity contribution in [3.05, 3.63) is 174 Å². The third kappa shape index (κ3) is 5.28. The van der Waals surface area contributed by atoms with E-state index in [9.17, 15) is 0 Å². The van der Waals surface area contributed by atoms with Crippen LogP contribution in [0.5, 0.6) is 0 Å². The van der Waals surface area contributed by atoms with E-state index in [2.05, 4.69) is 127 Å². The van der Waals surface area contributed by atoms with Gasteiger partial charge in [-0.2, -0.15) is 0 Å². The Morgan fingerprint density at radius 3 is 2.25 bits per heavy atom. The lowest BCUT2D eigenvalue weighted by atomic mass is 9.85. The van der Waals surface area contributed by atoms with E-state index in [0.717, 1.165) is 69.0 Å². The molecule has 0 aliphatic heterocycles. The molecule has 0 N–H and O–H groups in total. The quantitative estimate of drug-likeness (QED) is 0.185. The number of furan rings is 1. The molecule has 1 unspecified atom stereocenters. The fourth-order valence-electron chi connectivity index (χ4n) is 7.74. The van der Waals surface area contributed by atoms with Crippen molar-refractivity contribution in [2.45, 2.75) is 25.2 Å². The Labute approximate surface area is 296 Å². The molecule has 0 fully saturated rings. The van der Waals surface area contributed by atoms with Crippen LogP contribution in [0.4, 0.5) is 0 Å². The number of aryl methyl sites for hydroxylation is 1. The van der Waals surface area contributed by atoms with Crippen molar-refractivity contribution < 1.29 is 4.42 Å². The second-order valence-corrected chi connectivity index (χ2v) is 13.5. The molecule has 4 heteroatoms. The third-order valence-corrected chi connectivity index (χ3v) is 10.3. The van der Waals surface area contributed by atoms with Gasteiger partial charge in [0.25, 0.3) is 0 Å². The molecule has 4 nitrogen and oxygen atoms in total. The number of nitrogens with zero attached hydrogens (tertiary/aromatic N) is 3. The molecule has 8 aromatic rings. The molecule has 1 atom stereocenters. The van der Waals surface area contributed by atoms with Gasteiger partial charge in [0.2, 0.25) is 0 Å². The van der Waals surface area contributed by atoms with Gasteiger partial charge in [0.1, 0.15) is 11.2 Å². The summed E-state index contributed by atoms with van der Waals surface area (Å²) in [5.74, 6) is 2.23. The highest BCUT2D eigenvalue weighted by atomic mass is 16.3. The van der Waals surface area contributed by atoms with Crippen LogP contribution in [0.3, 0.4) is 0 Å². The number of rotatable bonds is 5. The lowest BCUT2D eigenvalue weighted by molar-refractivity contribution is 0.669. The Morgan fingerprint density at radius 1 is 0.588 bits per heavy atom. The summed E-state index contributed by atoms with van der Waals surface area (Å²) in [4.78, 5) is 15.5. The largest absolute Gasteiger partial charge is 0.456 e. The third-order valence-electron chi connectivity index (χ3n) is 10.3. The maximum Gasteiger partial charge on any atom is 0.164 e. The first-order valence-corrected chi connectivity index (χ1v) is 17.7. The van der Waals surface area contributed by atoms with Crippen LogP contribution in [0.1, 0.15) is 41.0 Å². The van der Waals surface area contributed by atoms with Crippen LogP contribution in [0, 0.1) is 0 Å². The molecular weight excluding hydrogens is 623 g/mol. The summed E-state index contributed by atoms with van der Waals surface area (Å²) in [6.07, 6.45) is 14.4. The Hall–Kier alpha value is -6.39. The van der Waals surface area contributed by atoms with E-state index in [1.54, 1.807) is 0 Å². The Morgan fingerprint density at radius 2 is 1.37 bits per heavy atom. The van der Waals surface area contributed by atoms with Gasteiger partial charge in [-0.25, -0.2) is 15.0 Å². The number of allylic oxidation sites excluding steroid dienone is 5. The second-order valence-electron chi connectivity index (χ2n) is 13.5. The summed E-state index contributed by atoms with van der Waals surface area (Å²) in [6.45, 7) is 0. The summed E-state index contributed by atoms with van der Waals surface area (Å²) < 4.78 is 6.55. The number of hydrogen-bond donors (Lipinski definition) is 0. The lowest BCUT2D eigenvalue weighted by Gasteiger charge is -2.19. The summed E-state index contributed by atoms with van der Waals surface area (Å²) in [5, 5.41) is 4.64. The van der Waals surface area contributed by atoms with E-state index in [4.69, 9.17) is 19.4 Å². The van der Waals surface area contributed by atoms with Crippen molar-refractivity contribution in [1.82, 2.24) is 15.0 Å². The van der Waals surface area contributed by atoms with Gasteiger partial charge in [-0.15, -0.1) is 0 Å². The van der Waals surface area contributed by atoms with Gasteiger partial charge in [-0.05, 0) is 82.1 Å². The molecule has 51 heavy (non-hydrogen) atoms. The van der Waals surface area contributed by atoms with Gasteiger partial charge >= 0.3 is 0 Å². The average molecular weight is 656 g/mol. The van der Waals surface area contributed by atoms with Crippen molar-refractivity contribution >= 4 is 44.4 Å². The average Bonchev–Trinajstić information content (AvgIpc) is 3.59. The molecule has 2 aromatic heterocycles. The van der Waals surface area contributed by atoms with E-state index >= 15 is 0 Å². The lowest BCUT2D eigenvalue weighted by Crippen LogP contribution is -2.02. The summed E-state index contributed by atoms with van der Waals surface area (Å²) >= 11 is 0. The fraction of sp³-hybridized carbons (Fsp3) is 0.0851. The van der Waals surface area contributed by atoms with E-state index in [-0.39, 0.29) is 0 Å². The molecule has 0 spiro atoms. The predicted octanol–water partition coefficient (Wildman–Crippen LogP) is 12.0. The topological polar surface area (TPSA) is 51.8 Å². The van der Waals surface area contributed by atoms with Crippen LogP contribution < -0.4 is 0 Å². The van der Waals surface area contributed by atoms with Crippen LogP contribution in [0.25, 0.3) is 78.5 Å². The fourth-order valence-corrected chi connectivity index (χ4v) is 7.74. The van der Waals surface area contributed by atoms with Crippen LogP contribution in [0.15, 0.2) is 156 Å². The SMILES string of the molecule is C1=Cc2cc(-c3nc(-c4ccccc4)nc(-c4cc(C5=CCC(c6cccc7ccccc67)C=C5)cc5oc6ccccc6c45)n3)ccc2CC1. The van der Waals surface area contributed by atoms with Crippen molar-refractivity contribution in [2.75, 3.05) is 0 Å². The first-order chi connectivity index (χ1) is 25.2. The maximum atomic E-state index is 6.55. The van der Waals surface area contributed by atoms with Gasteiger partial charge in [0, 0.05) is 33.4 Å². The molecule has 2 heterocycles. The zero-order chi connectivity index (χ0) is 33.7. The number of aromatic nitrogens is 3. The smallest absolute Gasteiger partial charge is 0.164 e. The minimum absolute atomic E-state index is 0.306. The van der Waals surface area contributed by atoms with Crippen molar-refractivity contribution in [3.8, 4) is 34.2 Å². The Bertz CT molecular complexity index is 2730. The minimum Gasteiger partial charge on any atom is -0.456 e. The second kappa shape index (κ2) is 12.2. The van der Waals surface area contributed by atoms with Gasteiger partial charge < -0.3 is 4.42 Å². The maximum absolute atomic E-state index is 6.55. The molecule has 2 aliphatic carbocycles. The van der Waals surface area contributed by atoms with E-state index in [1.165, 1.54) is 27.5 Å². The molecule has 0 saturated heterocycles. The van der Waals surface area contributed by atoms with Crippen molar-refractivity contribution in [3.63, 3.8) is 0 Å². The summed E-state index contributed by atoms with van der Waals surface area (Å²) in [6, 6.07) is 44.7. The molecule has 0 bridgehead atoms. The monoisotopic (exact) mass is 655 g/mol. The highest BCUT2D eigenvalue weighted by molar-refractivity contribution is 6.13. The van der Waals surface area contributed by atoms with E-state index in [0.29, 0.717) is 23.4 Å². The van der Waals surface area contributed by atoms with Gasteiger partial charge in [-0.1, -0.05) is 134 Å². The van der Waals surface area contributed by atoms with Gasteiger partial charge in [0.15, 0.2) is 17.5 Å². The molecule has 242 valence electrons. The molecule has 2 aliphatic rings. The number of benzene rings is 6. The van der Waals surface area contributed by atoms with Gasteiger partial charge in [-0.3, -0.25) is 0 Å². The molecule has 6 aromatic carbocycles. The van der Waals surface area contributed by atoms with E-state index in [1.807, 2.05) is 30.3 Å². The number of para-hydroxylation sites is 1. The Balaban J connectivity index is 1.14. The molecule has 10 rings (SSSR count). The first kappa shape index (κ1) is 29.5. The zero-order valence-corrected chi connectivity index (χ0v) is 28.0. The van der Waals surface area contributed by atoms with Crippen LogP contribution in [-0.2, 0) is 6.42 Å². The Kier molecular flexibility index (Phi) is 7.05. The van der Waals surface area contributed by atoms with Crippen molar-refractivity contribution in [1.29, 1.82) is 0 Å². The molecule has 0 radical (unpaired) electrons. The molecule has 0 amide bonds. The standard InChI is InChI=1S/C47H33N3O/c1-2-13-34(14-3-1)45-48-46(36-26-23-30-11-4-5-15-35(30)27-36)50-47(49-45)41-28-37(29-43-44(41)40-18-8-9-20-42(40)51-43)31-21-24-33(25-22-31)39-19-10-16-32-12-6-7-17-38(32)39/h1-3,5-10,12-24,26-29,33H,4,11,25H2. The van der Waals surface area contributed by atoms with E-state index < -0.39 is 0 Å². The van der Waals surface area contributed by atoms with Crippen LogP contribution in [0.2, 0.25) is 0 Å².